The summed E-state index contributed by atoms with van der Waals surface area (Å²) in [6, 6.07) is 16.3. The molecule has 2 amide bonds. The Bertz CT molecular complexity index is 1220. The van der Waals surface area contributed by atoms with Crippen molar-refractivity contribution in [2.45, 2.75) is 57.2 Å². The van der Waals surface area contributed by atoms with Gasteiger partial charge in [-0.1, -0.05) is 43.5 Å². The van der Waals surface area contributed by atoms with Crippen LogP contribution >= 0.6 is 11.3 Å². The summed E-state index contributed by atoms with van der Waals surface area (Å²) in [5, 5.41) is 5.22. The molecule has 1 saturated carbocycles. The van der Waals surface area contributed by atoms with Crippen molar-refractivity contribution in [2.24, 2.45) is 0 Å². The molecule has 37 heavy (non-hydrogen) atoms. The summed E-state index contributed by atoms with van der Waals surface area (Å²) in [6.07, 6.45) is 5.55. The Balaban J connectivity index is 1.51. The highest BCUT2D eigenvalue weighted by Gasteiger charge is 2.33. The van der Waals surface area contributed by atoms with Crippen molar-refractivity contribution in [1.29, 1.82) is 0 Å². The van der Waals surface area contributed by atoms with E-state index in [2.05, 4.69) is 5.32 Å². The summed E-state index contributed by atoms with van der Waals surface area (Å²) in [5.74, 6) is 1.68. The number of benzene rings is 2. The van der Waals surface area contributed by atoms with Gasteiger partial charge in [-0.05, 0) is 59.7 Å². The Labute approximate surface area is 221 Å². The number of thiophene rings is 1. The number of carbonyl (C=O) groups excluding carboxylic acids is 2. The largest absolute Gasteiger partial charge is 0.497 e. The van der Waals surface area contributed by atoms with Gasteiger partial charge >= 0.3 is 0 Å². The Morgan fingerprint density at radius 2 is 1.89 bits per heavy atom. The lowest BCUT2D eigenvalue weighted by atomic mass is 9.94. The minimum Gasteiger partial charge on any atom is -0.497 e. The van der Waals surface area contributed by atoms with Crippen molar-refractivity contribution in [3.63, 3.8) is 0 Å². The van der Waals surface area contributed by atoms with Gasteiger partial charge in [0.05, 0.1) is 13.5 Å². The first-order valence-corrected chi connectivity index (χ1v) is 13.6. The predicted molar refractivity (Wildman–Crippen MR) is 142 cm³/mol. The van der Waals surface area contributed by atoms with Crippen molar-refractivity contribution in [3.8, 4) is 17.2 Å². The highest BCUT2D eigenvalue weighted by Crippen LogP contribution is 2.34. The van der Waals surface area contributed by atoms with E-state index >= 15 is 0 Å². The fourth-order valence-corrected chi connectivity index (χ4v) is 5.73. The molecular weight excluding hydrogens is 488 g/mol. The van der Waals surface area contributed by atoms with E-state index in [-0.39, 0.29) is 37.6 Å². The van der Waals surface area contributed by atoms with Gasteiger partial charge in [-0.15, -0.1) is 11.3 Å². The zero-order chi connectivity index (χ0) is 25.6. The van der Waals surface area contributed by atoms with Gasteiger partial charge in [0.2, 0.25) is 18.6 Å². The Hall–Kier alpha value is -3.52. The van der Waals surface area contributed by atoms with Crippen LogP contribution in [-0.4, -0.2) is 36.7 Å². The van der Waals surface area contributed by atoms with Gasteiger partial charge < -0.3 is 24.4 Å². The molecule has 5 rings (SSSR count). The Kier molecular flexibility index (Phi) is 7.94. The van der Waals surface area contributed by atoms with Crippen LogP contribution < -0.4 is 19.5 Å². The first-order valence-electron chi connectivity index (χ1n) is 12.8. The highest BCUT2D eigenvalue weighted by atomic mass is 32.1. The van der Waals surface area contributed by atoms with E-state index in [0.29, 0.717) is 22.8 Å². The van der Waals surface area contributed by atoms with Gasteiger partial charge in [0, 0.05) is 17.5 Å². The number of nitrogens with zero attached hydrogens (tertiary/aromatic N) is 1. The molecule has 1 aromatic heterocycles. The van der Waals surface area contributed by atoms with Crippen molar-refractivity contribution in [2.75, 3.05) is 13.9 Å². The summed E-state index contributed by atoms with van der Waals surface area (Å²) in [4.78, 5) is 30.5. The monoisotopic (exact) mass is 520 g/mol. The van der Waals surface area contributed by atoms with Crippen LogP contribution in [0.5, 0.6) is 17.2 Å². The Morgan fingerprint density at radius 3 is 2.68 bits per heavy atom. The smallest absolute Gasteiger partial charge is 0.247 e. The normalized spacial score (nSPS) is 15.7. The zero-order valence-corrected chi connectivity index (χ0v) is 21.8. The fourth-order valence-electron chi connectivity index (χ4n) is 5.03. The van der Waals surface area contributed by atoms with Crippen LogP contribution in [0.3, 0.4) is 0 Å². The molecule has 194 valence electrons. The van der Waals surface area contributed by atoms with E-state index in [1.165, 1.54) is 17.8 Å². The van der Waals surface area contributed by atoms with Crippen molar-refractivity contribution < 1.29 is 23.8 Å². The van der Waals surface area contributed by atoms with Crippen molar-refractivity contribution in [1.82, 2.24) is 10.2 Å². The van der Waals surface area contributed by atoms with Crippen LogP contribution in [0.15, 0.2) is 60.0 Å². The molecular formula is C29H32N2O5S. The van der Waals surface area contributed by atoms with Crippen molar-refractivity contribution in [3.05, 3.63) is 76.0 Å². The third kappa shape index (κ3) is 6.07. The maximum Gasteiger partial charge on any atom is 0.247 e. The minimum absolute atomic E-state index is 0.119. The average Bonchev–Trinajstić information content (AvgIpc) is 3.61. The molecule has 1 N–H and O–H groups in total. The highest BCUT2D eigenvalue weighted by molar-refractivity contribution is 7.10. The number of hydrogen-bond donors (Lipinski definition) is 1. The minimum atomic E-state index is -0.810. The molecule has 8 heteroatoms. The van der Waals surface area contributed by atoms with Crippen molar-refractivity contribution >= 4 is 23.2 Å². The van der Waals surface area contributed by atoms with Crippen LogP contribution in [0, 0.1) is 0 Å². The first-order chi connectivity index (χ1) is 18.1. The zero-order valence-electron chi connectivity index (χ0n) is 21.0. The molecule has 0 unspecified atom stereocenters. The number of rotatable bonds is 9. The first kappa shape index (κ1) is 25.1. The number of methoxy groups -OCH3 is 1. The van der Waals surface area contributed by atoms with Crippen LogP contribution in [0.25, 0.3) is 0 Å². The summed E-state index contributed by atoms with van der Waals surface area (Å²) in [5.41, 5.74) is 1.58. The molecule has 1 aliphatic heterocycles. The number of nitrogens with one attached hydrogen (secondary N) is 1. The lowest BCUT2D eigenvalue weighted by Gasteiger charge is -2.33. The summed E-state index contributed by atoms with van der Waals surface area (Å²) < 4.78 is 16.5. The SMILES string of the molecule is COc1cccc([C@@H](C(=O)NC2CCCCC2)N(Cc2ccc3c(c2)OCO3)C(=O)Cc2cccs2)c1. The second kappa shape index (κ2) is 11.7. The Morgan fingerprint density at radius 1 is 1.05 bits per heavy atom. The molecule has 2 heterocycles. The second-order valence-corrected chi connectivity index (χ2v) is 10.5. The molecule has 0 saturated heterocycles. The number of hydrogen-bond acceptors (Lipinski definition) is 6. The molecule has 1 atom stereocenters. The third-order valence-electron chi connectivity index (χ3n) is 6.94. The maximum atomic E-state index is 13.9. The molecule has 0 radical (unpaired) electrons. The van der Waals surface area contributed by atoms with E-state index in [1.807, 2.05) is 60.0 Å². The van der Waals surface area contributed by atoms with Crippen LogP contribution in [0.2, 0.25) is 0 Å². The molecule has 2 aliphatic rings. The second-order valence-electron chi connectivity index (χ2n) is 9.49. The van der Waals surface area contributed by atoms with Crippen LogP contribution in [0.4, 0.5) is 0 Å². The number of carbonyl (C=O) groups is 2. The van der Waals surface area contributed by atoms with Gasteiger partial charge in [0.25, 0.3) is 0 Å². The lowest BCUT2D eigenvalue weighted by molar-refractivity contribution is -0.141. The predicted octanol–water partition coefficient (Wildman–Crippen LogP) is 5.25. The molecule has 7 nitrogen and oxygen atoms in total. The number of amides is 2. The maximum absolute atomic E-state index is 13.9. The van der Waals surface area contributed by atoms with E-state index in [9.17, 15) is 9.59 Å². The molecule has 0 bridgehead atoms. The topological polar surface area (TPSA) is 77.1 Å². The van der Waals surface area contributed by atoms with Crippen LogP contribution in [0.1, 0.15) is 54.1 Å². The lowest BCUT2D eigenvalue weighted by Crippen LogP contribution is -2.47. The van der Waals surface area contributed by atoms with E-state index < -0.39 is 6.04 Å². The fraction of sp³-hybridized carbons (Fsp3) is 0.379. The summed E-state index contributed by atoms with van der Waals surface area (Å²) >= 11 is 1.54. The number of fused-ring (bicyclic) bond motifs is 1. The standard InChI is InChI=1S/C29H32N2O5S/c1-34-23-10-5-7-21(16-23)28(29(33)30-22-8-3-2-4-9-22)31(27(32)17-24-11-6-14-37-24)18-20-12-13-25-26(15-20)36-19-35-25/h5-7,10-16,22,28H,2-4,8-9,17-19H2,1H3,(H,30,33)/t28-/m0/s1. The molecule has 1 fully saturated rings. The summed E-state index contributed by atoms with van der Waals surface area (Å²) in [7, 11) is 1.60. The van der Waals surface area contributed by atoms with E-state index in [1.54, 1.807) is 12.0 Å². The van der Waals surface area contributed by atoms with Gasteiger partial charge in [0.15, 0.2) is 11.5 Å². The van der Waals surface area contributed by atoms with E-state index in [0.717, 1.165) is 36.1 Å². The average molecular weight is 521 g/mol. The number of ether oxygens (including phenoxy) is 3. The van der Waals surface area contributed by atoms with Crippen LogP contribution in [-0.2, 0) is 22.6 Å². The van der Waals surface area contributed by atoms with Gasteiger partial charge in [-0.2, -0.15) is 0 Å². The van der Waals surface area contributed by atoms with Gasteiger partial charge in [-0.25, -0.2) is 0 Å². The molecule has 0 spiro atoms. The van der Waals surface area contributed by atoms with Gasteiger partial charge in [0.1, 0.15) is 11.8 Å². The molecule has 3 aromatic rings. The quantitative estimate of drug-likeness (QED) is 0.417. The third-order valence-corrected chi connectivity index (χ3v) is 7.81. The molecule has 2 aromatic carbocycles. The van der Waals surface area contributed by atoms with Gasteiger partial charge in [-0.3, -0.25) is 9.59 Å². The van der Waals surface area contributed by atoms with E-state index in [4.69, 9.17) is 14.2 Å². The summed E-state index contributed by atoms with van der Waals surface area (Å²) in [6.45, 7) is 0.427. The molecule has 1 aliphatic carbocycles.